The fraction of sp³-hybridized carbons (Fsp3) is 0.714. The van der Waals surface area contributed by atoms with Crippen LogP contribution in [0.25, 0.3) is 0 Å². The van der Waals surface area contributed by atoms with Gasteiger partial charge in [-0.3, -0.25) is 4.90 Å². The van der Waals surface area contributed by atoms with Gasteiger partial charge in [-0.05, 0) is 48.2 Å². The van der Waals surface area contributed by atoms with Crippen LogP contribution >= 0.6 is 11.3 Å². The topological polar surface area (TPSA) is 38.5 Å². The van der Waals surface area contributed by atoms with E-state index in [1.54, 1.807) is 4.88 Å². The first-order valence-electron chi connectivity index (χ1n) is 6.87. The Hall–Kier alpha value is -0.420. The molecule has 3 heterocycles. The van der Waals surface area contributed by atoms with Crippen molar-refractivity contribution in [3.05, 3.63) is 21.9 Å². The van der Waals surface area contributed by atoms with Crippen molar-refractivity contribution >= 4 is 11.3 Å². The predicted molar refractivity (Wildman–Crippen MR) is 74.8 cm³/mol. The van der Waals surface area contributed by atoms with Crippen molar-refractivity contribution in [1.82, 2.24) is 4.90 Å². The van der Waals surface area contributed by atoms with Crippen LogP contribution in [0.1, 0.15) is 23.3 Å². The summed E-state index contributed by atoms with van der Waals surface area (Å²) in [4.78, 5) is 4.17. The number of fused-ring (bicyclic) bond motifs is 1. The molecule has 0 unspecified atom stereocenters. The minimum Gasteiger partial charge on any atom is -0.381 e. The molecule has 3 nitrogen and oxygen atoms in total. The lowest BCUT2D eigenvalue weighted by Crippen LogP contribution is -2.47. The third kappa shape index (κ3) is 2.48. The molecule has 0 spiro atoms. The quantitative estimate of drug-likeness (QED) is 0.907. The first-order chi connectivity index (χ1) is 8.81. The first kappa shape index (κ1) is 12.6. The van der Waals surface area contributed by atoms with E-state index in [2.05, 4.69) is 16.3 Å². The Kier molecular flexibility index (Phi) is 3.71. The SMILES string of the molecule is NCC1(CN2CCc3sccc3C2)CCOCC1. The molecule has 0 bridgehead atoms. The molecule has 2 aliphatic heterocycles. The summed E-state index contributed by atoms with van der Waals surface area (Å²) in [5.41, 5.74) is 7.88. The zero-order valence-corrected chi connectivity index (χ0v) is 11.7. The van der Waals surface area contributed by atoms with Gasteiger partial charge in [-0.1, -0.05) is 0 Å². The molecule has 1 aromatic rings. The molecule has 0 aromatic carbocycles. The summed E-state index contributed by atoms with van der Waals surface area (Å²) in [6.07, 6.45) is 3.46. The monoisotopic (exact) mass is 266 g/mol. The molecule has 0 amide bonds. The average Bonchev–Trinajstić information content (AvgIpc) is 2.87. The molecule has 0 radical (unpaired) electrons. The maximum Gasteiger partial charge on any atom is 0.0472 e. The van der Waals surface area contributed by atoms with Crippen LogP contribution in [-0.2, 0) is 17.7 Å². The molecule has 0 saturated carbocycles. The fourth-order valence-electron chi connectivity index (χ4n) is 3.15. The van der Waals surface area contributed by atoms with Crippen LogP contribution in [0.3, 0.4) is 0 Å². The molecule has 18 heavy (non-hydrogen) atoms. The van der Waals surface area contributed by atoms with Crippen molar-refractivity contribution in [2.24, 2.45) is 11.1 Å². The van der Waals surface area contributed by atoms with Crippen molar-refractivity contribution in [1.29, 1.82) is 0 Å². The van der Waals surface area contributed by atoms with E-state index in [1.807, 2.05) is 11.3 Å². The second kappa shape index (κ2) is 5.29. The van der Waals surface area contributed by atoms with Crippen molar-refractivity contribution in [2.75, 3.05) is 32.8 Å². The minimum absolute atomic E-state index is 0.297. The van der Waals surface area contributed by atoms with Crippen molar-refractivity contribution in [3.8, 4) is 0 Å². The molecule has 1 fully saturated rings. The van der Waals surface area contributed by atoms with Gasteiger partial charge in [0.25, 0.3) is 0 Å². The Morgan fingerprint density at radius 2 is 2.22 bits per heavy atom. The lowest BCUT2D eigenvalue weighted by atomic mass is 9.79. The zero-order chi connectivity index (χ0) is 12.4. The minimum atomic E-state index is 0.297. The zero-order valence-electron chi connectivity index (χ0n) is 10.9. The van der Waals surface area contributed by atoms with Gasteiger partial charge in [-0.25, -0.2) is 0 Å². The van der Waals surface area contributed by atoms with Crippen LogP contribution in [0.2, 0.25) is 0 Å². The molecule has 100 valence electrons. The van der Waals surface area contributed by atoms with E-state index in [1.165, 1.54) is 18.5 Å². The van der Waals surface area contributed by atoms with E-state index in [9.17, 15) is 0 Å². The normalized spacial score (nSPS) is 23.8. The summed E-state index contributed by atoms with van der Waals surface area (Å²) in [6, 6.07) is 2.28. The fourth-order valence-corrected chi connectivity index (χ4v) is 4.04. The molecule has 0 atom stereocenters. The molecule has 2 aliphatic rings. The highest BCUT2D eigenvalue weighted by Crippen LogP contribution is 2.33. The van der Waals surface area contributed by atoms with Crippen molar-refractivity contribution < 1.29 is 4.74 Å². The Labute approximate surface area is 113 Å². The van der Waals surface area contributed by atoms with E-state index in [4.69, 9.17) is 10.5 Å². The smallest absolute Gasteiger partial charge is 0.0472 e. The Bertz CT molecular complexity index is 398. The van der Waals surface area contributed by atoms with E-state index < -0.39 is 0 Å². The van der Waals surface area contributed by atoms with Crippen LogP contribution in [-0.4, -0.2) is 37.7 Å². The molecule has 1 aromatic heterocycles. The van der Waals surface area contributed by atoms with Crippen LogP contribution in [0.15, 0.2) is 11.4 Å². The first-order valence-corrected chi connectivity index (χ1v) is 7.75. The Morgan fingerprint density at radius 1 is 1.39 bits per heavy atom. The number of hydrogen-bond acceptors (Lipinski definition) is 4. The van der Waals surface area contributed by atoms with Gasteiger partial charge >= 0.3 is 0 Å². The molecule has 2 N–H and O–H groups in total. The van der Waals surface area contributed by atoms with E-state index in [0.717, 1.165) is 45.7 Å². The van der Waals surface area contributed by atoms with Crippen molar-refractivity contribution in [2.45, 2.75) is 25.8 Å². The van der Waals surface area contributed by atoms with Gasteiger partial charge < -0.3 is 10.5 Å². The van der Waals surface area contributed by atoms with Crippen molar-refractivity contribution in [3.63, 3.8) is 0 Å². The second-order valence-electron chi connectivity index (χ2n) is 5.65. The largest absolute Gasteiger partial charge is 0.381 e. The molecule has 3 rings (SSSR count). The molecule has 0 aliphatic carbocycles. The summed E-state index contributed by atoms with van der Waals surface area (Å²) in [6.45, 7) is 6.01. The third-order valence-corrected chi connectivity index (χ3v) is 5.46. The van der Waals surface area contributed by atoms with Crippen LogP contribution < -0.4 is 5.73 Å². The highest BCUT2D eigenvalue weighted by molar-refractivity contribution is 7.10. The number of rotatable bonds is 3. The number of thiophene rings is 1. The van der Waals surface area contributed by atoms with Crippen LogP contribution in [0.4, 0.5) is 0 Å². The van der Waals surface area contributed by atoms with Gasteiger partial charge in [0.1, 0.15) is 0 Å². The van der Waals surface area contributed by atoms with Gasteiger partial charge in [0, 0.05) is 37.7 Å². The maximum absolute atomic E-state index is 6.05. The molecular weight excluding hydrogens is 244 g/mol. The van der Waals surface area contributed by atoms with Gasteiger partial charge in [0.2, 0.25) is 0 Å². The van der Waals surface area contributed by atoms with Crippen LogP contribution in [0.5, 0.6) is 0 Å². The predicted octanol–water partition coefficient (Wildman–Crippen LogP) is 1.86. The van der Waals surface area contributed by atoms with E-state index in [-0.39, 0.29) is 0 Å². The lowest BCUT2D eigenvalue weighted by Gasteiger charge is -2.41. The number of hydrogen-bond donors (Lipinski definition) is 1. The summed E-state index contributed by atoms with van der Waals surface area (Å²) in [7, 11) is 0. The average molecular weight is 266 g/mol. The van der Waals surface area contributed by atoms with E-state index in [0.29, 0.717) is 5.41 Å². The molecule has 4 heteroatoms. The summed E-state index contributed by atoms with van der Waals surface area (Å²) in [5, 5.41) is 2.22. The highest BCUT2D eigenvalue weighted by Gasteiger charge is 2.34. The lowest BCUT2D eigenvalue weighted by molar-refractivity contribution is -0.00222. The second-order valence-corrected chi connectivity index (χ2v) is 6.65. The van der Waals surface area contributed by atoms with Crippen LogP contribution in [0, 0.1) is 5.41 Å². The van der Waals surface area contributed by atoms with Gasteiger partial charge in [-0.15, -0.1) is 11.3 Å². The standard InChI is InChI=1S/C14H22N2OS/c15-10-14(3-6-17-7-4-14)11-16-5-1-13-12(9-16)2-8-18-13/h2,8H,1,3-7,9-11,15H2. The maximum atomic E-state index is 6.05. The Balaban J connectivity index is 1.66. The van der Waals surface area contributed by atoms with Gasteiger partial charge in [0.05, 0.1) is 0 Å². The number of ether oxygens (including phenoxy) is 1. The number of nitrogens with two attached hydrogens (primary N) is 1. The third-order valence-electron chi connectivity index (χ3n) is 4.43. The summed E-state index contributed by atoms with van der Waals surface area (Å²) < 4.78 is 5.49. The molecular formula is C14H22N2OS. The molecule has 1 saturated heterocycles. The van der Waals surface area contributed by atoms with E-state index >= 15 is 0 Å². The highest BCUT2D eigenvalue weighted by atomic mass is 32.1. The Morgan fingerprint density at radius 3 is 3.00 bits per heavy atom. The summed E-state index contributed by atoms with van der Waals surface area (Å²) in [5.74, 6) is 0. The van der Waals surface area contributed by atoms with Gasteiger partial charge in [0.15, 0.2) is 0 Å². The van der Waals surface area contributed by atoms with Gasteiger partial charge in [-0.2, -0.15) is 0 Å². The summed E-state index contributed by atoms with van der Waals surface area (Å²) >= 11 is 1.91. The number of nitrogens with zero attached hydrogens (tertiary/aromatic N) is 1.